The van der Waals surface area contributed by atoms with E-state index >= 15 is 0 Å². The predicted molar refractivity (Wildman–Crippen MR) is 78.9 cm³/mol. The second-order valence-electron chi connectivity index (χ2n) is 4.72. The van der Waals surface area contributed by atoms with Gasteiger partial charge in [-0.2, -0.15) is 0 Å². The zero-order valence-corrected chi connectivity index (χ0v) is 12.5. The van der Waals surface area contributed by atoms with Crippen LogP contribution >= 0.6 is 0 Å². The van der Waals surface area contributed by atoms with E-state index in [0.29, 0.717) is 18.1 Å². The predicted octanol–water partition coefficient (Wildman–Crippen LogP) is 1.84. The van der Waals surface area contributed by atoms with E-state index in [0.717, 1.165) is 26.0 Å². The van der Waals surface area contributed by atoms with Gasteiger partial charge in [-0.15, -0.1) is 10.2 Å². The molecule has 20 heavy (non-hydrogen) atoms. The van der Waals surface area contributed by atoms with Crippen molar-refractivity contribution in [3.8, 4) is 0 Å². The first-order valence-electron chi connectivity index (χ1n) is 7.11. The molecule has 1 aromatic rings. The number of carbonyl (C=O) groups is 1. The minimum Gasteiger partial charge on any atom is -0.379 e. The lowest BCUT2D eigenvalue weighted by molar-refractivity contribution is 0.0754. The molecule has 1 heterocycles. The van der Waals surface area contributed by atoms with Crippen molar-refractivity contribution in [1.29, 1.82) is 0 Å². The Labute approximate surface area is 120 Å². The summed E-state index contributed by atoms with van der Waals surface area (Å²) in [7, 11) is 0. The number of unbranched alkanes of at least 4 members (excludes halogenated alkanes) is 1. The number of nitrogens with one attached hydrogen (secondary N) is 2. The van der Waals surface area contributed by atoms with Gasteiger partial charge >= 0.3 is 0 Å². The fourth-order valence-corrected chi connectivity index (χ4v) is 1.57. The molecule has 0 saturated carbocycles. The number of carbonyl (C=O) groups excluding carboxylic acids is 1. The molecule has 6 nitrogen and oxygen atoms in total. The topological polar surface area (TPSA) is 76.1 Å². The van der Waals surface area contributed by atoms with Crippen molar-refractivity contribution in [2.24, 2.45) is 0 Å². The Morgan fingerprint density at radius 3 is 2.70 bits per heavy atom. The minimum atomic E-state index is -0.190. The number of hydrogen-bond donors (Lipinski definition) is 2. The van der Waals surface area contributed by atoms with Crippen LogP contribution in [0.25, 0.3) is 0 Å². The fraction of sp³-hybridized carbons (Fsp3) is 0.643. The summed E-state index contributed by atoms with van der Waals surface area (Å²) >= 11 is 0. The third kappa shape index (κ3) is 6.47. The molecule has 0 radical (unpaired) electrons. The molecule has 0 aliphatic heterocycles. The number of amides is 1. The van der Waals surface area contributed by atoms with Crippen LogP contribution in [0.15, 0.2) is 12.1 Å². The summed E-state index contributed by atoms with van der Waals surface area (Å²) in [6, 6.07) is 3.42. The maximum absolute atomic E-state index is 11.8. The highest BCUT2D eigenvalue weighted by Gasteiger charge is 2.07. The van der Waals surface area contributed by atoms with Gasteiger partial charge < -0.3 is 15.4 Å². The van der Waals surface area contributed by atoms with E-state index in [1.54, 1.807) is 12.1 Å². The van der Waals surface area contributed by atoms with Crippen molar-refractivity contribution in [2.45, 2.75) is 39.7 Å². The van der Waals surface area contributed by atoms with Crippen LogP contribution in [-0.2, 0) is 4.74 Å². The highest BCUT2D eigenvalue weighted by atomic mass is 16.5. The maximum atomic E-state index is 11.8. The molecule has 0 spiro atoms. The number of rotatable bonds is 9. The van der Waals surface area contributed by atoms with Gasteiger partial charge in [0.2, 0.25) is 0 Å². The monoisotopic (exact) mass is 280 g/mol. The number of hydrogen-bond acceptors (Lipinski definition) is 5. The van der Waals surface area contributed by atoms with E-state index in [1.165, 1.54) is 0 Å². The zero-order chi connectivity index (χ0) is 14.8. The Kier molecular flexibility index (Phi) is 7.57. The number of nitrogens with zero attached hydrogens (tertiary/aromatic N) is 2. The van der Waals surface area contributed by atoms with Gasteiger partial charge in [-0.3, -0.25) is 4.79 Å². The summed E-state index contributed by atoms with van der Waals surface area (Å²) in [5, 5.41) is 13.7. The summed E-state index contributed by atoms with van der Waals surface area (Å²) in [6.07, 6.45) is 2.08. The van der Waals surface area contributed by atoms with Crippen molar-refractivity contribution >= 4 is 11.7 Å². The number of anilines is 1. The molecular formula is C14H24N4O2. The highest BCUT2D eigenvalue weighted by Crippen LogP contribution is 2.01. The minimum absolute atomic E-state index is 0.190. The summed E-state index contributed by atoms with van der Waals surface area (Å²) < 4.78 is 5.43. The van der Waals surface area contributed by atoms with Crippen molar-refractivity contribution in [2.75, 3.05) is 25.0 Å². The Balaban J connectivity index is 2.22. The third-order valence-electron chi connectivity index (χ3n) is 2.56. The van der Waals surface area contributed by atoms with Crippen LogP contribution in [0.4, 0.5) is 5.82 Å². The molecule has 1 amide bonds. The Hall–Kier alpha value is -1.69. The normalized spacial score (nSPS) is 10.6. The quantitative estimate of drug-likeness (QED) is 0.675. The van der Waals surface area contributed by atoms with Crippen molar-refractivity contribution in [3.05, 3.63) is 17.8 Å². The van der Waals surface area contributed by atoms with Gasteiger partial charge in [0, 0.05) is 19.7 Å². The van der Waals surface area contributed by atoms with Crippen molar-refractivity contribution in [1.82, 2.24) is 15.5 Å². The van der Waals surface area contributed by atoms with Gasteiger partial charge in [0.05, 0.1) is 6.10 Å². The van der Waals surface area contributed by atoms with Crippen LogP contribution in [0.5, 0.6) is 0 Å². The SMILES string of the molecule is CCNc1ccc(C(=O)NCCCCOC(C)C)nn1. The summed E-state index contributed by atoms with van der Waals surface area (Å²) in [4.78, 5) is 11.8. The standard InChI is InChI=1S/C14H24N4O2/c1-4-15-13-8-7-12(17-18-13)14(19)16-9-5-6-10-20-11(2)3/h7-8,11H,4-6,9-10H2,1-3H3,(H,15,18)(H,16,19). The molecule has 6 heteroatoms. The average Bonchev–Trinajstić information content (AvgIpc) is 2.43. The molecular weight excluding hydrogens is 256 g/mol. The molecule has 0 atom stereocenters. The van der Waals surface area contributed by atoms with Crippen LogP contribution in [-0.4, -0.2) is 41.9 Å². The first-order chi connectivity index (χ1) is 9.63. The lowest BCUT2D eigenvalue weighted by atomic mass is 10.3. The summed E-state index contributed by atoms with van der Waals surface area (Å²) in [5.41, 5.74) is 0.338. The van der Waals surface area contributed by atoms with Crippen molar-refractivity contribution in [3.63, 3.8) is 0 Å². The molecule has 1 aromatic heterocycles. The summed E-state index contributed by atoms with van der Waals surface area (Å²) in [5.74, 6) is 0.486. The Morgan fingerprint density at radius 2 is 2.10 bits per heavy atom. The molecule has 112 valence electrons. The van der Waals surface area contributed by atoms with Gasteiger partial charge in [-0.25, -0.2) is 0 Å². The summed E-state index contributed by atoms with van der Waals surface area (Å²) in [6.45, 7) is 8.13. The van der Waals surface area contributed by atoms with Gasteiger partial charge in [-0.05, 0) is 45.7 Å². The molecule has 0 aromatic carbocycles. The molecule has 0 saturated heterocycles. The lowest BCUT2D eigenvalue weighted by Crippen LogP contribution is -2.26. The Bertz CT molecular complexity index is 393. The number of ether oxygens (including phenoxy) is 1. The van der Waals surface area contributed by atoms with Crippen LogP contribution in [0, 0.1) is 0 Å². The van der Waals surface area contributed by atoms with Gasteiger partial charge in [0.1, 0.15) is 5.82 Å². The fourth-order valence-electron chi connectivity index (χ4n) is 1.57. The van der Waals surface area contributed by atoms with E-state index in [9.17, 15) is 4.79 Å². The molecule has 2 N–H and O–H groups in total. The van der Waals surface area contributed by atoms with E-state index in [1.807, 2.05) is 20.8 Å². The molecule has 0 bridgehead atoms. The Morgan fingerprint density at radius 1 is 1.30 bits per heavy atom. The van der Waals surface area contributed by atoms with E-state index in [2.05, 4.69) is 20.8 Å². The lowest BCUT2D eigenvalue weighted by Gasteiger charge is -2.08. The van der Waals surface area contributed by atoms with Gasteiger partial charge in [0.15, 0.2) is 5.69 Å². The zero-order valence-electron chi connectivity index (χ0n) is 12.5. The van der Waals surface area contributed by atoms with Crippen LogP contribution in [0.1, 0.15) is 44.1 Å². The van der Waals surface area contributed by atoms with E-state index in [4.69, 9.17) is 4.74 Å². The molecule has 0 aliphatic carbocycles. The first kappa shape index (κ1) is 16.4. The van der Waals surface area contributed by atoms with E-state index in [-0.39, 0.29) is 12.0 Å². The van der Waals surface area contributed by atoms with Crippen molar-refractivity contribution < 1.29 is 9.53 Å². The molecule has 0 aliphatic rings. The second-order valence-corrected chi connectivity index (χ2v) is 4.72. The molecule has 0 unspecified atom stereocenters. The van der Waals surface area contributed by atoms with Crippen LogP contribution in [0.2, 0.25) is 0 Å². The van der Waals surface area contributed by atoms with E-state index < -0.39 is 0 Å². The average molecular weight is 280 g/mol. The van der Waals surface area contributed by atoms with Crippen LogP contribution < -0.4 is 10.6 Å². The molecule has 0 fully saturated rings. The highest BCUT2D eigenvalue weighted by molar-refractivity contribution is 5.92. The largest absolute Gasteiger partial charge is 0.379 e. The first-order valence-corrected chi connectivity index (χ1v) is 7.11. The number of aromatic nitrogens is 2. The smallest absolute Gasteiger partial charge is 0.271 e. The molecule has 1 rings (SSSR count). The maximum Gasteiger partial charge on any atom is 0.271 e. The second kappa shape index (κ2) is 9.25. The van der Waals surface area contributed by atoms with Crippen LogP contribution in [0.3, 0.4) is 0 Å². The van der Waals surface area contributed by atoms with Gasteiger partial charge in [0.25, 0.3) is 5.91 Å². The van der Waals surface area contributed by atoms with Gasteiger partial charge in [-0.1, -0.05) is 0 Å². The third-order valence-corrected chi connectivity index (χ3v) is 2.56.